The highest BCUT2D eigenvalue weighted by molar-refractivity contribution is 6.02. The molecule has 0 radical (unpaired) electrons. The lowest BCUT2D eigenvalue weighted by atomic mass is 9.89. The van der Waals surface area contributed by atoms with Crippen LogP contribution in [0.1, 0.15) is 47.4 Å². The molecule has 2 aromatic rings. The maximum atomic E-state index is 13.4. The Morgan fingerprint density at radius 1 is 1.10 bits per heavy atom. The van der Waals surface area contributed by atoms with Gasteiger partial charge in [0.1, 0.15) is 5.66 Å². The number of rotatable bonds is 4. The molecule has 0 atom stereocenters. The van der Waals surface area contributed by atoms with Crippen LogP contribution in [0.2, 0.25) is 0 Å². The first kappa shape index (κ1) is 21.2. The number of para-hydroxylation sites is 1. The third-order valence-electron chi connectivity index (χ3n) is 6.32. The number of likely N-dealkylation sites (tertiary alicyclic amines) is 1. The standard InChI is InChI=1S/C25H32N4O2/c1-18(2)17-29-24(31)21-10-5-6-11-22(21)26-25(29)12-14-28(15-13-25)23(30)19-8-7-9-20(16-19)27(3)4/h5-11,16,18,26H,12-15,17H2,1-4H3. The van der Waals surface area contributed by atoms with Crippen molar-refractivity contribution in [3.63, 3.8) is 0 Å². The fourth-order valence-electron chi connectivity index (χ4n) is 4.63. The first-order valence-electron chi connectivity index (χ1n) is 11.1. The van der Waals surface area contributed by atoms with Crippen molar-refractivity contribution < 1.29 is 9.59 Å². The first-order valence-corrected chi connectivity index (χ1v) is 11.1. The third-order valence-corrected chi connectivity index (χ3v) is 6.32. The Kier molecular flexibility index (Phi) is 5.65. The van der Waals surface area contributed by atoms with Gasteiger partial charge in [0.2, 0.25) is 0 Å². The molecule has 0 aromatic heterocycles. The molecule has 2 aromatic carbocycles. The molecule has 2 aliphatic heterocycles. The molecule has 1 saturated heterocycles. The van der Waals surface area contributed by atoms with E-state index in [1.165, 1.54) is 0 Å². The van der Waals surface area contributed by atoms with E-state index in [0.717, 1.165) is 16.9 Å². The molecule has 6 heteroatoms. The van der Waals surface area contributed by atoms with Crippen LogP contribution < -0.4 is 10.2 Å². The lowest BCUT2D eigenvalue weighted by Gasteiger charge is -2.52. The zero-order chi connectivity index (χ0) is 22.2. The van der Waals surface area contributed by atoms with Crippen molar-refractivity contribution in [3.05, 3.63) is 59.7 Å². The molecule has 2 amide bonds. The van der Waals surface area contributed by atoms with E-state index in [-0.39, 0.29) is 11.8 Å². The van der Waals surface area contributed by atoms with Crippen LogP contribution in [0.3, 0.4) is 0 Å². The number of benzene rings is 2. The molecule has 0 saturated carbocycles. The minimum atomic E-state index is -0.446. The molecule has 0 unspecified atom stereocenters. The van der Waals surface area contributed by atoms with Crippen molar-refractivity contribution in [1.82, 2.24) is 9.80 Å². The highest BCUT2D eigenvalue weighted by atomic mass is 16.2. The minimum Gasteiger partial charge on any atom is -0.378 e. The maximum absolute atomic E-state index is 13.4. The Morgan fingerprint density at radius 3 is 2.48 bits per heavy atom. The van der Waals surface area contributed by atoms with E-state index in [4.69, 9.17) is 0 Å². The molecule has 0 aliphatic carbocycles. The topological polar surface area (TPSA) is 55.9 Å². The molecule has 2 heterocycles. The summed E-state index contributed by atoms with van der Waals surface area (Å²) in [7, 11) is 3.95. The van der Waals surface area contributed by atoms with Crippen molar-refractivity contribution in [3.8, 4) is 0 Å². The number of piperidine rings is 1. The second-order valence-electron chi connectivity index (χ2n) is 9.25. The summed E-state index contributed by atoms with van der Waals surface area (Å²) >= 11 is 0. The molecular weight excluding hydrogens is 388 g/mol. The number of amides is 2. The van der Waals surface area contributed by atoms with Gasteiger partial charge in [-0.15, -0.1) is 0 Å². The van der Waals surface area contributed by atoms with Gasteiger partial charge in [-0.3, -0.25) is 9.59 Å². The third kappa shape index (κ3) is 3.99. The van der Waals surface area contributed by atoms with Crippen molar-refractivity contribution in [2.75, 3.05) is 43.9 Å². The van der Waals surface area contributed by atoms with E-state index in [1.807, 2.05) is 77.3 Å². The van der Waals surface area contributed by atoms with Crippen LogP contribution in [0.4, 0.5) is 11.4 Å². The quantitative estimate of drug-likeness (QED) is 0.815. The Balaban J connectivity index is 1.56. The summed E-state index contributed by atoms with van der Waals surface area (Å²) in [6, 6.07) is 15.5. The summed E-state index contributed by atoms with van der Waals surface area (Å²) in [5.74, 6) is 0.499. The summed E-state index contributed by atoms with van der Waals surface area (Å²) in [4.78, 5) is 32.5. The molecule has 1 fully saturated rings. The van der Waals surface area contributed by atoms with Crippen molar-refractivity contribution >= 4 is 23.2 Å². The number of nitrogens with one attached hydrogen (secondary N) is 1. The van der Waals surface area contributed by atoms with Gasteiger partial charge in [-0.05, 0) is 36.2 Å². The molecule has 1 spiro atoms. The van der Waals surface area contributed by atoms with Gasteiger partial charge >= 0.3 is 0 Å². The normalized spacial score (nSPS) is 17.5. The van der Waals surface area contributed by atoms with E-state index in [9.17, 15) is 9.59 Å². The summed E-state index contributed by atoms with van der Waals surface area (Å²) in [6.07, 6.45) is 1.41. The van der Waals surface area contributed by atoms with Crippen LogP contribution in [0.25, 0.3) is 0 Å². The largest absolute Gasteiger partial charge is 0.378 e. The van der Waals surface area contributed by atoms with Gasteiger partial charge in [0.25, 0.3) is 11.8 Å². The van der Waals surface area contributed by atoms with Crippen molar-refractivity contribution in [2.24, 2.45) is 5.92 Å². The van der Waals surface area contributed by atoms with E-state index in [0.29, 0.717) is 44.0 Å². The minimum absolute atomic E-state index is 0.0523. The van der Waals surface area contributed by atoms with Crippen LogP contribution >= 0.6 is 0 Å². The van der Waals surface area contributed by atoms with E-state index in [1.54, 1.807) is 0 Å². The van der Waals surface area contributed by atoms with Gasteiger partial charge in [-0.1, -0.05) is 32.0 Å². The van der Waals surface area contributed by atoms with Crippen LogP contribution in [-0.2, 0) is 0 Å². The van der Waals surface area contributed by atoms with Crippen LogP contribution in [0.5, 0.6) is 0 Å². The Hall–Kier alpha value is -3.02. The van der Waals surface area contributed by atoms with Gasteiger partial charge in [-0.2, -0.15) is 0 Å². The smallest absolute Gasteiger partial charge is 0.257 e. The second kappa shape index (κ2) is 8.25. The van der Waals surface area contributed by atoms with E-state index < -0.39 is 5.66 Å². The predicted octanol–water partition coefficient (Wildman–Crippen LogP) is 3.91. The number of nitrogens with zero attached hydrogens (tertiary/aromatic N) is 3. The van der Waals surface area contributed by atoms with Gasteiger partial charge in [0.05, 0.1) is 5.56 Å². The molecule has 1 N–H and O–H groups in total. The lowest BCUT2D eigenvalue weighted by Crippen LogP contribution is -2.65. The molecule has 4 rings (SSSR count). The SMILES string of the molecule is CC(C)CN1C(=O)c2ccccc2NC12CCN(C(=O)c1cccc(N(C)C)c1)CC2. The fourth-order valence-corrected chi connectivity index (χ4v) is 4.63. The van der Waals surface area contributed by atoms with Gasteiger partial charge in [-0.25, -0.2) is 0 Å². The number of fused-ring (bicyclic) bond motifs is 1. The Labute approximate surface area is 184 Å². The second-order valence-corrected chi connectivity index (χ2v) is 9.25. The number of carbonyl (C=O) groups is 2. The molecule has 31 heavy (non-hydrogen) atoms. The number of anilines is 2. The van der Waals surface area contributed by atoms with Crippen LogP contribution in [0, 0.1) is 5.92 Å². The van der Waals surface area contributed by atoms with E-state index in [2.05, 4.69) is 19.2 Å². The molecule has 6 nitrogen and oxygen atoms in total. The number of hydrogen-bond acceptors (Lipinski definition) is 4. The predicted molar refractivity (Wildman–Crippen MR) is 125 cm³/mol. The molecule has 164 valence electrons. The highest BCUT2D eigenvalue weighted by Crippen LogP contribution is 2.38. The van der Waals surface area contributed by atoms with E-state index >= 15 is 0 Å². The monoisotopic (exact) mass is 420 g/mol. The van der Waals surface area contributed by atoms with Crippen molar-refractivity contribution in [2.45, 2.75) is 32.4 Å². The lowest BCUT2D eigenvalue weighted by molar-refractivity contribution is 0.0220. The average Bonchev–Trinajstić information content (AvgIpc) is 2.77. The summed E-state index contributed by atoms with van der Waals surface area (Å²) < 4.78 is 0. The van der Waals surface area contributed by atoms with Crippen LogP contribution in [-0.4, -0.2) is 61.0 Å². The maximum Gasteiger partial charge on any atom is 0.257 e. The Morgan fingerprint density at radius 2 is 1.81 bits per heavy atom. The first-order chi connectivity index (χ1) is 14.8. The molecular formula is C25H32N4O2. The van der Waals surface area contributed by atoms with Crippen molar-refractivity contribution in [1.29, 1.82) is 0 Å². The van der Waals surface area contributed by atoms with Gasteiger partial charge in [0, 0.05) is 63.5 Å². The molecule has 0 bridgehead atoms. The number of hydrogen-bond donors (Lipinski definition) is 1. The summed E-state index contributed by atoms with van der Waals surface area (Å²) in [5.41, 5.74) is 2.90. The number of carbonyl (C=O) groups excluding carboxylic acids is 2. The zero-order valence-corrected chi connectivity index (χ0v) is 18.9. The fraction of sp³-hybridized carbons (Fsp3) is 0.440. The molecule has 2 aliphatic rings. The Bertz CT molecular complexity index is 977. The van der Waals surface area contributed by atoms with Gasteiger partial charge < -0.3 is 20.0 Å². The summed E-state index contributed by atoms with van der Waals surface area (Å²) in [6.45, 7) is 6.19. The highest BCUT2D eigenvalue weighted by Gasteiger charge is 2.47. The zero-order valence-electron chi connectivity index (χ0n) is 18.9. The summed E-state index contributed by atoms with van der Waals surface area (Å²) in [5, 5.41) is 3.68. The average molecular weight is 421 g/mol. The van der Waals surface area contributed by atoms with Gasteiger partial charge in [0.15, 0.2) is 0 Å². The van der Waals surface area contributed by atoms with Crippen LogP contribution in [0.15, 0.2) is 48.5 Å².